The Labute approximate surface area is 169 Å². The van der Waals surface area contributed by atoms with E-state index < -0.39 is 0 Å². The van der Waals surface area contributed by atoms with Gasteiger partial charge >= 0.3 is 0 Å². The lowest BCUT2D eigenvalue weighted by Crippen LogP contribution is -2.47. The zero-order valence-corrected chi connectivity index (χ0v) is 16.5. The lowest BCUT2D eigenvalue weighted by atomic mass is 10.1. The molecule has 1 saturated heterocycles. The Morgan fingerprint density at radius 3 is 2.24 bits per heavy atom. The van der Waals surface area contributed by atoms with Gasteiger partial charge in [0.2, 0.25) is 5.89 Å². The van der Waals surface area contributed by atoms with E-state index in [0.29, 0.717) is 17.5 Å². The number of hydrogen-bond donors (Lipinski definition) is 0. The van der Waals surface area contributed by atoms with Crippen LogP contribution in [-0.2, 0) is 0 Å². The molecule has 0 aliphatic carbocycles. The second-order valence-electron chi connectivity index (χ2n) is 7.36. The Bertz CT molecular complexity index is 1160. The highest BCUT2D eigenvalue weighted by Gasteiger charge is 2.22. The number of piperazine rings is 1. The van der Waals surface area contributed by atoms with Crippen molar-refractivity contribution in [2.75, 3.05) is 36.0 Å². The van der Waals surface area contributed by atoms with Crippen LogP contribution in [0.3, 0.4) is 0 Å². The average molecular weight is 386 g/mol. The van der Waals surface area contributed by atoms with E-state index in [-0.39, 0.29) is 0 Å². The van der Waals surface area contributed by atoms with Gasteiger partial charge in [-0.15, -0.1) is 20.4 Å². The SMILES string of the molecule is Cc1cccc(N2CCN(c3nnc(-c4nnc(C)o4)c4ccccc34)CC2)c1. The highest BCUT2D eigenvalue weighted by Crippen LogP contribution is 2.31. The predicted octanol–water partition coefficient (Wildman–Crippen LogP) is 3.62. The van der Waals surface area contributed by atoms with Gasteiger partial charge in [0.1, 0.15) is 0 Å². The van der Waals surface area contributed by atoms with Gasteiger partial charge in [-0.25, -0.2) is 0 Å². The maximum absolute atomic E-state index is 5.59. The molecule has 0 amide bonds. The van der Waals surface area contributed by atoms with Gasteiger partial charge in [-0.05, 0) is 24.6 Å². The van der Waals surface area contributed by atoms with Gasteiger partial charge in [0.25, 0.3) is 5.89 Å². The summed E-state index contributed by atoms with van der Waals surface area (Å²) in [6, 6.07) is 16.8. The monoisotopic (exact) mass is 386 g/mol. The molecule has 2 aromatic carbocycles. The van der Waals surface area contributed by atoms with Crippen molar-refractivity contribution >= 4 is 22.3 Å². The van der Waals surface area contributed by atoms with Crippen molar-refractivity contribution in [3.63, 3.8) is 0 Å². The van der Waals surface area contributed by atoms with Gasteiger partial charge < -0.3 is 14.2 Å². The van der Waals surface area contributed by atoms with E-state index in [9.17, 15) is 0 Å². The number of nitrogens with zero attached hydrogens (tertiary/aromatic N) is 6. The fraction of sp³-hybridized carbons (Fsp3) is 0.273. The highest BCUT2D eigenvalue weighted by atomic mass is 16.4. The zero-order chi connectivity index (χ0) is 19.8. The van der Waals surface area contributed by atoms with Gasteiger partial charge in [0.05, 0.1) is 0 Å². The van der Waals surface area contributed by atoms with Crippen LogP contribution in [0.4, 0.5) is 11.5 Å². The number of hydrogen-bond acceptors (Lipinski definition) is 7. The number of rotatable bonds is 3. The summed E-state index contributed by atoms with van der Waals surface area (Å²) in [6.07, 6.45) is 0. The van der Waals surface area contributed by atoms with E-state index in [1.54, 1.807) is 6.92 Å². The molecule has 0 spiro atoms. The molecular weight excluding hydrogens is 364 g/mol. The molecule has 7 heteroatoms. The molecule has 1 aliphatic rings. The van der Waals surface area contributed by atoms with Crippen LogP contribution in [0.2, 0.25) is 0 Å². The van der Waals surface area contributed by atoms with Crippen molar-refractivity contribution in [2.24, 2.45) is 0 Å². The van der Waals surface area contributed by atoms with Crippen molar-refractivity contribution in [1.29, 1.82) is 0 Å². The molecule has 0 radical (unpaired) electrons. The van der Waals surface area contributed by atoms with Crippen molar-refractivity contribution in [3.05, 3.63) is 60.0 Å². The minimum atomic E-state index is 0.405. The lowest BCUT2D eigenvalue weighted by Gasteiger charge is -2.37. The van der Waals surface area contributed by atoms with E-state index in [4.69, 9.17) is 4.42 Å². The Balaban J connectivity index is 1.44. The quantitative estimate of drug-likeness (QED) is 0.532. The fourth-order valence-electron chi connectivity index (χ4n) is 3.87. The molecule has 0 unspecified atom stereocenters. The minimum Gasteiger partial charge on any atom is -0.420 e. The summed E-state index contributed by atoms with van der Waals surface area (Å²) in [7, 11) is 0. The Morgan fingerprint density at radius 1 is 0.759 bits per heavy atom. The van der Waals surface area contributed by atoms with Gasteiger partial charge in [0.15, 0.2) is 11.5 Å². The summed E-state index contributed by atoms with van der Waals surface area (Å²) in [4.78, 5) is 4.74. The molecular formula is C22H22N6O. The molecule has 2 aromatic heterocycles. The normalized spacial score (nSPS) is 14.6. The number of aryl methyl sites for hydroxylation is 2. The van der Waals surface area contributed by atoms with Crippen LogP contribution in [0.5, 0.6) is 0 Å². The molecule has 7 nitrogen and oxygen atoms in total. The van der Waals surface area contributed by atoms with E-state index >= 15 is 0 Å². The molecule has 0 atom stereocenters. The van der Waals surface area contributed by atoms with Crippen LogP contribution in [0.25, 0.3) is 22.4 Å². The van der Waals surface area contributed by atoms with Gasteiger partial charge in [-0.2, -0.15) is 0 Å². The molecule has 1 fully saturated rings. The second kappa shape index (κ2) is 7.16. The van der Waals surface area contributed by atoms with E-state index in [1.807, 2.05) is 18.2 Å². The van der Waals surface area contributed by atoms with Gasteiger partial charge in [-0.1, -0.05) is 36.4 Å². The zero-order valence-electron chi connectivity index (χ0n) is 16.5. The van der Waals surface area contributed by atoms with E-state index in [1.165, 1.54) is 11.3 Å². The molecule has 146 valence electrons. The first-order chi connectivity index (χ1) is 14.2. The Morgan fingerprint density at radius 2 is 1.52 bits per heavy atom. The third-order valence-electron chi connectivity index (χ3n) is 5.34. The molecule has 29 heavy (non-hydrogen) atoms. The van der Waals surface area contributed by atoms with E-state index in [0.717, 1.165) is 42.8 Å². The Hall–Kier alpha value is -3.48. The number of fused-ring (bicyclic) bond motifs is 1. The van der Waals surface area contributed by atoms with E-state index in [2.05, 4.69) is 67.5 Å². The highest BCUT2D eigenvalue weighted by molar-refractivity contribution is 5.99. The summed E-state index contributed by atoms with van der Waals surface area (Å²) in [6.45, 7) is 7.59. The maximum Gasteiger partial charge on any atom is 0.268 e. The third-order valence-corrected chi connectivity index (χ3v) is 5.34. The van der Waals surface area contributed by atoms with Gasteiger partial charge in [-0.3, -0.25) is 0 Å². The molecule has 0 bridgehead atoms. The van der Waals surface area contributed by atoms with Gasteiger partial charge in [0, 0.05) is 49.6 Å². The molecule has 0 N–H and O–H groups in total. The summed E-state index contributed by atoms with van der Waals surface area (Å²) in [5.74, 6) is 1.83. The van der Waals surface area contributed by atoms with Crippen molar-refractivity contribution in [2.45, 2.75) is 13.8 Å². The van der Waals surface area contributed by atoms with Crippen LogP contribution in [0.1, 0.15) is 11.5 Å². The summed E-state index contributed by atoms with van der Waals surface area (Å²) in [5.41, 5.74) is 3.19. The second-order valence-corrected chi connectivity index (χ2v) is 7.36. The summed E-state index contributed by atoms with van der Waals surface area (Å²) >= 11 is 0. The third kappa shape index (κ3) is 3.29. The smallest absolute Gasteiger partial charge is 0.268 e. The number of aromatic nitrogens is 4. The van der Waals surface area contributed by atoms with Crippen LogP contribution in [-0.4, -0.2) is 46.6 Å². The first-order valence-corrected chi connectivity index (χ1v) is 9.81. The Kier molecular flexibility index (Phi) is 4.35. The molecule has 5 rings (SSSR count). The van der Waals surface area contributed by atoms with Crippen molar-refractivity contribution < 1.29 is 4.42 Å². The molecule has 0 saturated carbocycles. The predicted molar refractivity (Wildman–Crippen MR) is 113 cm³/mol. The summed E-state index contributed by atoms with van der Waals surface area (Å²) in [5, 5.41) is 19.1. The minimum absolute atomic E-state index is 0.405. The number of benzene rings is 2. The van der Waals surface area contributed by atoms with Crippen molar-refractivity contribution in [1.82, 2.24) is 20.4 Å². The van der Waals surface area contributed by atoms with Crippen LogP contribution >= 0.6 is 0 Å². The van der Waals surface area contributed by atoms with Crippen molar-refractivity contribution in [3.8, 4) is 11.6 Å². The standard InChI is InChI=1S/C22H22N6O/c1-15-6-5-7-17(14-15)27-10-12-28(13-11-27)21-19-9-4-3-8-18(19)20(24-25-21)22-26-23-16(2)29-22/h3-9,14H,10-13H2,1-2H3. The first-order valence-electron chi connectivity index (χ1n) is 9.81. The molecule has 4 aromatic rings. The first kappa shape index (κ1) is 17.6. The number of anilines is 2. The fourth-order valence-corrected chi connectivity index (χ4v) is 3.87. The van der Waals surface area contributed by atoms with Crippen LogP contribution in [0, 0.1) is 13.8 Å². The molecule has 1 aliphatic heterocycles. The average Bonchev–Trinajstić information content (AvgIpc) is 3.19. The largest absolute Gasteiger partial charge is 0.420 e. The topological polar surface area (TPSA) is 71.2 Å². The van der Waals surface area contributed by atoms with Crippen LogP contribution in [0.15, 0.2) is 52.9 Å². The maximum atomic E-state index is 5.59. The summed E-state index contributed by atoms with van der Waals surface area (Å²) < 4.78 is 5.59. The van der Waals surface area contributed by atoms with Crippen LogP contribution < -0.4 is 9.80 Å². The lowest BCUT2D eigenvalue weighted by molar-refractivity contribution is 0.530. The molecule has 3 heterocycles.